The van der Waals surface area contributed by atoms with Crippen LogP contribution in [0.3, 0.4) is 0 Å². The molecule has 8 heteroatoms. The first kappa shape index (κ1) is 19.6. The molecule has 30 heavy (non-hydrogen) atoms. The number of piperidine rings is 1. The fourth-order valence-electron chi connectivity index (χ4n) is 4.81. The topological polar surface area (TPSA) is 69.4 Å². The number of benzene rings is 1. The van der Waals surface area contributed by atoms with Crippen molar-refractivity contribution in [2.45, 2.75) is 55.6 Å². The van der Waals surface area contributed by atoms with Gasteiger partial charge in [-0.25, -0.2) is 8.42 Å². The lowest BCUT2D eigenvalue weighted by Gasteiger charge is -2.31. The fraction of sp³-hybridized carbons (Fsp3) is 0.500. The van der Waals surface area contributed by atoms with Crippen LogP contribution in [0, 0.1) is 0 Å². The standard InChI is InChI=1S/C22H28N4O3S/c1-24-16-19(15-23-24)30(27,28)25-12-9-18(10-13-25)29-22-8-4-7-21-20(22)11-14-26(21)17-5-2-3-6-17/h4,7-8,11,14-18H,2-3,5-6,9-10,12-13H2,1H3. The smallest absolute Gasteiger partial charge is 0.246 e. The second-order valence-electron chi connectivity index (χ2n) is 8.42. The van der Waals surface area contributed by atoms with Crippen LogP contribution in [-0.2, 0) is 17.1 Å². The minimum absolute atomic E-state index is 0.0192. The number of aromatic nitrogens is 3. The van der Waals surface area contributed by atoms with E-state index in [1.165, 1.54) is 42.1 Å². The van der Waals surface area contributed by atoms with Gasteiger partial charge in [0, 0.05) is 44.0 Å². The van der Waals surface area contributed by atoms with E-state index in [4.69, 9.17) is 4.74 Å². The average molecular weight is 429 g/mol. The van der Waals surface area contributed by atoms with Crippen molar-refractivity contribution in [2.24, 2.45) is 7.05 Å². The number of ether oxygens (including phenoxy) is 1. The number of aryl methyl sites for hydroxylation is 1. The van der Waals surface area contributed by atoms with Crippen LogP contribution in [0.4, 0.5) is 0 Å². The highest BCUT2D eigenvalue weighted by Gasteiger charge is 2.31. The van der Waals surface area contributed by atoms with E-state index in [0.717, 1.165) is 11.1 Å². The van der Waals surface area contributed by atoms with E-state index in [2.05, 4.69) is 34.1 Å². The van der Waals surface area contributed by atoms with Crippen molar-refractivity contribution >= 4 is 20.9 Å². The molecule has 7 nitrogen and oxygen atoms in total. The van der Waals surface area contributed by atoms with Crippen molar-refractivity contribution in [1.29, 1.82) is 0 Å². The number of hydrogen-bond donors (Lipinski definition) is 0. The van der Waals surface area contributed by atoms with E-state index >= 15 is 0 Å². The molecule has 0 unspecified atom stereocenters. The maximum atomic E-state index is 12.8. The molecule has 160 valence electrons. The van der Waals surface area contributed by atoms with Gasteiger partial charge in [-0.3, -0.25) is 4.68 Å². The normalized spacial score (nSPS) is 19.6. The second-order valence-corrected chi connectivity index (χ2v) is 10.4. The molecule has 2 fully saturated rings. The van der Waals surface area contributed by atoms with Gasteiger partial charge in [0.25, 0.3) is 0 Å². The van der Waals surface area contributed by atoms with Gasteiger partial charge in [0.05, 0.1) is 11.7 Å². The molecular weight excluding hydrogens is 400 g/mol. The van der Waals surface area contributed by atoms with Crippen LogP contribution in [-0.4, -0.2) is 46.3 Å². The summed E-state index contributed by atoms with van der Waals surface area (Å²) in [6, 6.07) is 9.01. The van der Waals surface area contributed by atoms with Gasteiger partial charge in [0.2, 0.25) is 10.0 Å². The second kappa shape index (κ2) is 7.74. The van der Waals surface area contributed by atoms with Crippen LogP contribution in [0.25, 0.3) is 10.9 Å². The van der Waals surface area contributed by atoms with Gasteiger partial charge >= 0.3 is 0 Å². The summed E-state index contributed by atoms with van der Waals surface area (Å²) in [5.74, 6) is 0.901. The van der Waals surface area contributed by atoms with Crippen LogP contribution in [0.5, 0.6) is 5.75 Å². The Hall–Kier alpha value is -2.32. The van der Waals surface area contributed by atoms with E-state index in [0.29, 0.717) is 32.0 Å². The molecule has 0 radical (unpaired) electrons. The molecule has 1 saturated heterocycles. The van der Waals surface area contributed by atoms with Crippen LogP contribution >= 0.6 is 0 Å². The fourth-order valence-corrected chi connectivity index (χ4v) is 6.27. The van der Waals surface area contributed by atoms with E-state index in [9.17, 15) is 8.42 Å². The van der Waals surface area contributed by atoms with Gasteiger partial charge in [-0.05, 0) is 43.9 Å². The lowest BCUT2D eigenvalue weighted by molar-refractivity contribution is 0.137. The number of sulfonamides is 1. The highest BCUT2D eigenvalue weighted by molar-refractivity contribution is 7.89. The first-order chi connectivity index (χ1) is 14.5. The Morgan fingerprint density at radius 1 is 1.07 bits per heavy atom. The molecule has 1 aliphatic heterocycles. The average Bonchev–Trinajstić information content (AvgIpc) is 3.49. The summed E-state index contributed by atoms with van der Waals surface area (Å²) < 4.78 is 37.4. The zero-order valence-electron chi connectivity index (χ0n) is 17.3. The molecule has 5 rings (SSSR count). The predicted molar refractivity (Wildman–Crippen MR) is 115 cm³/mol. The van der Waals surface area contributed by atoms with Crippen molar-refractivity contribution in [3.63, 3.8) is 0 Å². The third-order valence-electron chi connectivity index (χ3n) is 6.45. The van der Waals surface area contributed by atoms with Gasteiger partial charge in [0.15, 0.2) is 0 Å². The van der Waals surface area contributed by atoms with Gasteiger partial charge in [-0.1, -0.05) is 18.9 Å². The molecule has 3 aromatic rings. The quantitative estimate of drug-likeness (QED) is 0.621. The minimum atomic E-state index is -3.49. The Balaban J connectivity index is 1.28. The SMILES string of the molecule is Cn1cc(S(=O)(=O)N2CCC(Oc3cccc4c3ccn4C3CCCC3)CC2)cn1. The molecule has 0 N–H and O–H groups in total. The van der Waals surface area contributed by atoms with Gasteiger partial charge in [0.1, 0.15) is 16.7 Å². The number of rotatable bonds is 5. The van der Waals surface area contributed by atoms with Gasteiger partial charge in [-0.2, -0.15) is 9.40 Å². The van der Waals surface area contributed by atoms with Crippen LogP contribution < -0.4 is 4.74 Å². The molecular formula is C22H28N4O3S. The largest absolute Gasteiger partial charge is 0.490 e. The summed E-state index contributed by atoms with van der Waals surface area (Å²) in [7, 11) is -1.77. The third kappa shape index (κ3) is 3.52. The Labute approximate surface area is 177 Å². The van der Waals surface area contributed by atoms with E-state index < -0.39 is 10.0 Å². The summed E-state index contributed by atoms with van der Waals surface area (Å²) in [6.45, 7) is 0.919. The Kier molecular flexibility index (Phi) is 5.06. The zero-order chi connectivity index (χ0) is 20.7. The van der Waals surface area contributed by atoms with E-state index in [1.807, 2.05) is 6.07 Å². The maximum Gasteiger partial charge on any atom is 0.246 e. The van der Waals surface area contributed by atoms with Gasteiger partial charge < -0.3 is 9.30 Å². The van der Waals surface area contributed by atoms with Crippen molar-refractivity contribution in [1.82, 2.24) is 18.7 Å². The van der Waals surface area contributed by atoms with Crippen LogP contribution in [0.15, 0.2) is 47.8 Å². The maximum absolute atomic E-state index is 12.8. The lowest BCUT2D eigenvalue weighted by Crippen LogP contribution is -2.41. The summed E-state index contributed by atoms with van der Waals surface area (Å²) in [4.78, 5) is 0.252. The molecule has 0 amide bonds. The van der Waals surface area contributed by atoms with Gasteiger partial charge in [-0.15, -0.1) is 0 Å². The Bertz CT molecular complexity index is 1140. The molecule has 1 saturated carbocycles. The van der Waals surface area contributed by atoms with Crippen LogP contribution in [0.2, 0.25) is 0 Å². The van der Waals surface area contributed by atoms with Crippen molar-refractivity contribution in [3.8, 4) is 5.75 Å². The molecule has 0 bridgehead atoms. The summed E-state index contributed by atoms with van der Waals surface area (Å²) in [5.41, 5.74) is 1.23. The van der Waals surface area contributed by atoms with Crippen LogP contribution in [0.1, 0.15) is 44.6 Å². The molecule has 1 aliphatic carbocycles. The Morgan fingerprint density at radius 3 is 2.53 bits per heavy atom. The number of hydrogen-bond acceptors (Lipinski definition) is 4. The monoisotopic (exact) mass is 428 g/mol. The van der Waals surface area contributed by atoms with Crippen molar-refractivity contribution in [3.05, 3.63) is 42.9 Å². The highest BCUT2D eigenvalue weighted by Crippen LogP contribution is 2.36. The number of nitrogens with zero attached hydrogens (tertiary/aromatic N) is 4. The zero-order valence-corrected chi connectivity index (χ0v) is 18.1. The lowest BCUT2D eigenvalue weighted by atomic mass is 10.1. The minimum Gasteiger partial charge on any atom is -0.490 e. The highest BCUT2D eigenvalue weighted by atomic mass is 32.2. The van der Waals surface area contributed by atoms with Crippen molar-refractivity contribution < 1.29 is 13.2 Å². The molecule has 2 aliphatic rings. The molecule has 2 aromatic heterocycles. The third-order valence-corrected chi connectivity index (χ3v) is 8.31. The summed E-state index contributed by atoms with van der Waals surface area (Å²) >= 11 is 0. The molecule has 3 heterocycles. The first-order valence-corrected chi connectivity index (χ1v) is 12.2. The van der Waals surface area contributed by atoms with E-state index in [1.54, 1.807) is 17.5 Å². The summed E-state index contributed by atoms with van der Waals surface area (Å²) in [5, 5.41) is 5.14. The molecule has 0 atom stereocenters. The first-order valence-electron chi connectivity index (χ1n) is 10.8. The Morgan fingerprint density at radius 2 is 1.83 bits per heavy atom. The molecule has 1 aromatic carbocycles. The number of fused-ring (bicyclic) bond motifs is 1. The van der Waals surface area contributed by atoms with E-state index in [-0.39, 0.29) is 11.0 Å². The molecule has 0 spiro atoms. The summed E-state index contributed by atoms with van der Waals surface area (Å²) in [6.07, 6.45) is 11.6. The predicted octanol–water partition coefficient (Wildman–Crippen LogP) is 3.72. The van der Waals surface area contributed by atoms with Crippen molar-refractivity contribution in [2.75, 3.05) is 13.1 Å².